The molecule has 3 aromatic carbocycles. The van der Waals surface area contributed by atoms with Gasteiger partial charge in [0, 0.05) is 18.0 Å². The summed E-state index contributed by atoms with van der Waals surface area (Å²) in [5.74, 6) is 1.54. The van der Waals surface area contributed by atoms with Gasteiger partial charge in [-0.2, -0.15) is 0 Å². The standard InChI is InChI=1S/C26H25N3O3S/c1-31-22-14-12-21(13-15-22)25-28-29-26(32-25)33-18-24(30)27-17-16-23(19-8-4-2-5-9-19)20-10-6-3-7-11-20/h2-15,23H,16-18H2,1H3,(H,27,30). The highest BCUT2D eigenvalue weighted by Gasteiger charge is 2.15. The summed E-state index contributed by atoms with van der Waals surface area (Å²) in [5.41, 5.74) is 3.28. The van der Waals surface area contributed by atoms with Crippen LogP contribution in [0.1, 0.15) is 23.5 Å². The molecule has 0 saturated heterocycles. The predicted octanol–water partition coefficient (Wildman–Crippen LogP) is 5.18. The third kappa shape index (κ3) is 6.23. The number of hydrogen-bond donors (Lipinski definition) is 1. The molecule has 1 aromatic heterocycles. The van der Waals surface area contributed by atoms with E-state index in [0.29, 0.717) is 17.7 Å². The lowest BCUT2D eigenvalue weighted by Gasteiger charge is -2.18. The number of amides is 1. The molecule has 6 nitrogen and oxygen atoms in total. The summed E-state index contributed by atoms with van der Waals surface area (Å²) in [7, 11) is 1.62. The van der Waals surface area contributed by atoms with Crippen molar-refractivity contribution >= 4 is 17.7 Å². The van der Waals surface area contributed by atoms with Gasteiger partial charge in [0.15, 0.2) is 0 Å². The van der Waals surface area contributed by atoms with E-state index in [0.717, 1.165) is 17.7 Å². The summed E-state index contributed by atoms with van der Waals surface area (Å²) in [6, 6.07) is 28.1. The molecule has 0 saturated carbocycles. The molecule has 4 aromatic rings. The highest BCUT2D eigenvalue weighted by molar-refractivity contribution is 7.99. The Morgan fingerprint density at radius 1 is 0.939 bits per heavy atom. The van der Waals surface area contributed by atoms with Crippen LogP contribution in [-0.4, -0.2) is 35.5 Å². The van der Waals surface area contributed by atoms with Crippen LogP contribution in [0.5, 0.6) is 5.75 Å². The van der Waals surface area contributed by atoms with Crippen LogP contribution >= 0.6 is 11.8 Å². The number of ether oxygens (including phenoxy) is 1. The van der Waals surface area contributed by atoms with Crippen LogP contribution < -0.4 is 10.1 Å². The first kappa shape index (κ1) is 22.6. The average molecular weight is 460 g/mol. The third-order valence-electron chi connectivity index (χ3n) is 5.23. The number of thioether (sulfide) groups is 1. The van der Waals surface area contributed by atoms with Crippen molar-refractivity contribution in [3.05, 3.63) is 96.1 Å². The molecule has 1 N–H and O–H groups in total. The smallest absolute Gasteiger partial charge is 0.277 e. The fourth-order valence-corrected chi connectivity index (χ4v) is 4.14. The lowest BCUT2D eigenvalue weighted by atomic mass is 9.88. The quantitative estimate of drug-likeness (QED) is 0.330. The topological polar surface area (TPSA) is 77.2 Å². The molecule has 1 heterocycles. The maximum absolute atomic E-state index is 12.4. The lowest BCUT2D eigenvalue weighted by molar-refractivity contribution is -0.118. The van der Waals surface area contributed by atoms with Crippen molar-refractivity contribution < 1.29 is 13.9 Å². The van der Waals surface area contributed by atoms with Gasteiger partial charge in [-0.15, -0.1) is 10.2 Å². The highest BCUT2D eigenvalue weighted by Crippen LogP contribution is 2.28. The third-order valence-corrected chi connectivity index (χ3v) is 6.05. The van der Waals surface area contributed by atoms with Crippen molar-refractivity contribution in [2.24, 2.45) is 0 Å². The Morgan fingerprint density at radius 2 is 1.58 bits per heavy atom. The van der Waals surface area contributed by atoms with Crippen LogP contribution in [-0.2, 0) is 4.79 Å². The van der Waals surface area contributed by atoms with Crippen LogP contribution in [0, 0.1) is 0 Å². The Bertz CT molecular complexity index is 1110. The molecule has 0 unspecified atom stereocenters. The fourth-order valence-electron chi connectivity index (χ4n) is 3.55. The monoisotopic (exact) mass is 459 g/mol. The SMILES string of the molecule is COc1ccc(-c2nnc(SCC(=O)NCCC(c3ccccc3)c3ccccc3)o2)cc1. The number of rotatable bonds is 10. The van der Waals surface area contributed by atoms with E-state index in [2.05, 4.69) is 39.8 Å². The van der Waals surface area contributed by atoms with Crippen LogP contribution in [0.2, 0.25) is 0 Å². The van der Waals surface area contributed by atoms with E-state index in [1.54, 1.807) is 7.11 Å². The van der Waals surface area contributed by atoms with Gasteiger partial charge in [-0.3, -0.25) is 4.79 Å². The second-order valence-corrected chi connectivity index (χ2v) is 8.33. The van der Waals surface area contributed by atoms with Crippen LogP contribution in [0.15, 0.2) is 94.6 Å². The molecule has 0 atom stereocenters. The normalized spacial score (nSPS) is 10.8. The molecule has 0 radical (unpaired) electrons. The van der Waals surface area contributed by atoms with E-state index in [-0.39, 0.29) is 17.6 Å². The summed E-state index contributed by atoms with van der Waals surface area (Å²) < 4.78 is 10.8. The Hall–Kier alpha value is -3.58. The average Bonchev–Trinajstić information content (AvgIpc) is 3.36. The van der Waals surface area contributed by atoms with Crippen molar-refractivity contribution in [2.45, 2.75) is 17.6 Å². The second-order valence-electron chi connectivity index (χ2n) is 7.40. The summed E-state index contributed by atoms with van der Waals surface area (Å²) in [5, 5.41) is 11.5. The molecule has 33 heavy (non-hydrogen) atoms. The highest BCUT2D eigenvalue weighted by atomic mass is 32.2. The lowest BCUT2D eigenvalue weighted by Crippen LogP contribution is -2.27. The molecule has 0 fully saturated rings. The maximum Gasteiger partial charge on any atom is 0.277 e. The number of methoxy groups -OCH3 is 1. The van der Waals surface area contributed by atoms with Gasteiger partial charge in [-0.1, -0.05) is 72.4 Å². The second kappa shape index (κ2) is 11.3. The van der Waals surface area contributed by atoms with Crippen LogP contribution in [0.3, 0.4) is 0 Å². The van der Waals surface area contributed by atoms with Gasteiger partial charge in [0.2, 0.25) is 11.8 Å². The van der Waals surface area contributed by atoms with Gasteiger partial charge in [0.25, 0.3) is 5.22 Å². The predicted molar refractivity (Wildman–Crippen MR) is 129 cm³/mol. The molecular weight excluding hydrogens is 434 g/mol. The van der Waals surface area contributed by atoms with Gasteiger partial charge in [0.1, 0.15) is 5.75 Å². The zero-order valence-electron chi connectivity index (χ0n) is 18.3. The fraction of sp³-hybridized carbons (Fsp3) is 0.192. The molecule has 1 amide bonds. The molecule has 0 aliphatic rings. The van der Waals surface area contributed by atoms with Gasteiger partial charge >= 0.3 is 0 Å². The largest absolute Gasteiger partial charge is 0.497 e. The Labute approximate surface area is 197 Å². The van der Waals surface area contributed by atoms with E-state index in [1.165, 1.54) is 22.9 Å². The number of aromatic nitrogens is 2. The van der Waals surface area contributed by atoms with E-state index in [4.69, 9.17) is 9.15 Å². The van der Waals surface area contributed by atoms with E-state index in [1.807, 2.05) is 60.7 Å². The Kier molecular flexibility index (Phi) is 7.76. The molecule has 0 spiro atoms. The van der Waals surface area contributed by atoms with Gasteiger partial charge < -0.3 is 14.5 Å². The number of benzene rings is 3. The summed E-state index contributed by atoms with van der Waals surface area (Å²) in [4.78, 5) is 12.4. The zero-order chi connectivity index (χ0) is 22.9. The van der Waals surface area contributed by atoms with E-state index >= 15 is 0 Å². The van der Waals surface area contributed by atoms with Crippen molar-refractivity contribution in [2.75, 3.05) is 19.4 Å². The summed E-state index contributed by atoms with van der Waals surface area (Å²) in [6.07, 6.45) is 0.812. The maximum atomic E-state index is 12.4. The first-order valence-corrected chi connectivity index (χ1v) is 11.7. The zero-order valence-corrected chi connectivity index (χ0v) is 19.1. The molecular formula is C26H25N3O3S. The molecule has 4 rings (SSSR count). The summed E-state index contributed by atoms with van der Waals surface area (Å²) in [6.45, 7) is 0.578. The summed E-state index contributed by atoms with van der Waals surface area (Å²) >= 11 is 1.23. The first-order chi connectivity index (χ1) is 16.2. The molecule has 7 heteroatoms. The number of carbonyl (C=O) groups is 1. The van der Waals surface area contributed by atoms with E-state index in [9.17, 15) is 4.79 Å². The minimum atomic E-state index is -0.0657. The van der Waals surface area contributed by atoms with Crippen molar-refractivity contribution in [3.8, 4) is 17.2 Å². The number of hydrogen-bond acceptors (Lipinski definition) is 6. The molecule has 0 aliphatic carbocycles. The van der Waals surface area contributed by atoms with Crippen LogP contribution in [0.4, 0.5) is 0 Å². The molecule has 0 aliphatic heterocycles. The van der Waals surface area contributed by atoms with Gasteiger partial charge in [0.05, 0.1) is 12.9 Å². The first-order valence-electron chi connectivity index (χ1n) is 10.7. The molecule has 0 bridgehead atoms. The molecule has 168 valence electrons. The van der Waals surface area contributed by atoms with Crippen molar-refractivity contribution in [3.63, 3.8) is 0 Å². The van der Waals surface area contributed by atoms with E-state index < -0.39 is 0 Å². The van der Waals surface area contributed by atoms with Gasteiger partial charge in [-0.05, 0) is 41.8 Å². The van der Waals surface area contributed by atoms with Crippen LogP contribution in [0.25, 0.3) is 11.5 Å². The van der Waals surface area contributed by atoms with Crippen molar-refractivity contribution in [1.29, 1.82) is 0 Å². The minimum absolute atomic E-state index is 0.0657. The number of nitrogens with zero attached hydrogens (tertiary/aromatic N) is 2. The Morgan fingerprint density at radius 3 is 2.18 bits per heavy atom. The van der Waals surface area contributed by atoms with Crippen molar-refractivity contribution in [1.82, 2.24) is 15.5 Å². The number of carbonyl (C=O) groups excluding carboxylic acids is 1. The van der Waals surface area contributed by atoms with Gasteiger partial charge in [-0.25, -0.2) is 0 Å². The number of nitrogens with one attached hydrogen (secondary N) is 1. The Balaban J connectivity index is 1.28. The minimum Gasteiger partial charge on any atom is -0.497 e.